The molecule has 389 valence electrons. The molecule has 6 heterocycles. The van der Waals surface area contributed by atoms with E-state index in [0.29, 0.717) is 0 Å². The molecule has 34 nitrogen and oxygen atoms in total. The molecule has 0 amide bonds. The van der Waals surface area contributed by atoms with Crippen LogP contribution < -0.4 is 72.3 Å². The molecular formula is C26H48Cl2Cu3N26O8S2. The first-order valence-electron chi connectivity index (χ1n) is 16.2. The van der Waals surface area contributed by atoms with Crippen molar-refractivity contribution in [2.45, 2.75) is 83.1 Å². The fourth-order valence-corrected chi connectivity index (χ4v) is 2.85. The van der Waals surface area contributed by atoms with Crippen LogP contribution in [0.1, 0.15) is 69.9 Å². The van der Waals surface area contributed by atoms with Crippen molar-refractivity contribution in [2.24, 2.45) is 0 Å². The molecule has 0 bridgehead atoms. The quantitative estimate of drug-likeness (QED) is 0.0356. The van der Waals surface area contributed by atoms with Crippen molar-refractivity contribution in [3.63, 3.8) is 0 Å². The third-order valence-corrected chi connectivity index (χ3v) is 6.22. The fourth-order valence-electron chi connectivity index (χ4n) is 2.85. The molecule has 0 saturated carbocycles. The summed E-state index contributed by atoms with van der Waals surface area (Å²) in [7, 11) is -9.89. The summed E-state index contributed by atoms with van der Waals surface area (Å²) in [6.07, 6.45) is 0. The largest absolute Gasteiger partial charge is 2.00 e. The zero-order valence-electron chi connectivity index (χ0n) is 37.2. The van der Waals surface area contributed by atoms with E-state index in [0.717, 1.165) is 69.9 Å². The molecule has 0 atom stereocenters. The summed E-state index contributed by atoms with van der Waals surface area (Å²) < 4.78 is 76.6. The zero-order valence-corrected chi connectivity index (χ0v) is 43.1. The van der Waals surface area contributed by atoms with Gasteiger partial charge in [0.2, 0.25) is 0 Å². The predicted molar refractivity (Wildman–Crippen MR) is 210 cm³/mol. The Hall–Kier alpha value is -4.94. The second-order valence-electron chi connectivity index (χ2n) is 10.9. The summed E-state index contributed by atoms with van der Waals surface area (Å²) in [6, 6.07) is 0. The summed E-state index contributed by atoms with van der Waals surface area (Å²) in [6.45, 7) is 21.7. The second-order valence-corrected chi connectivity index (χ2v) is 12.8. The molecular weight excluding hydrogens is 1130 g/mol. The van der Waals surface area contributed by atoms with Crippen LogP contribution in [0.25, 0.3) is 10.8 Å². The Labute approximate surface area is 429 Å². The molecule has 6 aromatic heterocycles. The number of isothiocyanates is 2. The van der Waals surface area contributed by atoms with Gasteiger partial charge in [-0.2, -0.15) is 10.3 Å². The molecule has 67 heavy (non-hydrogen) atoms. The molecule has 6 aromatic rings. The molecule has 12 N–H and O–H groups in total. The number of aromatic nitrogens is 18. The van der Waals surface area contributed by atoms with E-state index in [4.69, 9.17) is 83.1 Å². The monoisotopic (exact) mass is 1180 g/mol. The number of hydrogen-bond donors (Lipinski definition) is 6. The van der Waals surface area contributed by atoms with E-state index in [-0.39, 0.29) is 51.2 Å². The third kappa shape index (κ3) is 39.9. The number of rotatable bonds is 0. The average Bonchev–Trinajstić information content (AvgIpc) is 3.99. The number of nitrogens with two attached hydrogens (primary N) is 6. The smallest absolute Gasteiger partial charge is 0.753 e. The Morgan fingerprint density at radius 2 is 0.373 bits per heavy atom. The Kier molecular flexibility index (Phi) is 44.5. The molecule has 0 fully saturated rings. The first-order valence-corrected chi connectivity index (χ1v) is 19.5. The van der Waals surface area contributed by atoms with Crippen LogP contribution in [0.4, 0.5) is 0 Å². The Morgan fingerprint density at radius 3 is 0.388 bits per heavy atom. The van der Waals surface area contributed by atoms with Gasteiger partial charge in [0, 0.05) is 0 Å². The maximum absolute atomic E-state index is 8.49. The van der Waals surface area contributed by atoms with Crippen molar-refractivity contribution in [3.05, 3.63) is 80.7 Å². The molecule has 1 radical (unpaired) electrons. The van der Waals surface area contributed by atoms with Crippen LogP contribution in [0.3, 0.4) is 0 Å². The first-order chi connectivity index (χ1) is 29.1. The van der Waals surface area contributed by atoms with E-state index in [9.17, 15) is 0 Å². The van der Waals surface area contributed by atoms with Crippen molar-refractivity contribution >= 4 is 34.8 Å². The van der Waals surface area contributed by atoms with Crippen LogP contribution in [0.15, 0.2) is 0 Å². The van der Waals surface area contributed by atoms with E-state index in [1.807, 2.05) is 0 Å². The van der Waals surface area contributed by atoms with Crippen LogP contribution in [0.2, 0.25) is 0 Å². The van der Waals surface area contributed by atoms with Gasteiger partial charge in [-0.05, 0) is 83.1 Å². The summed E-state index contributed by atoms with van der Waals surface area (Å²) in [5.74, 6) is 41.2. The number of nitrogen functional groups attached to an aromatic ring is 6. The maximum Gasteiger partial charge on any atom is 2.00 e. The van der Waals surface area contributed by atoms with Gasteiger partial charge in [0.25, 0.3) is 0 Å². The van der Waals surface area contributed by atoms with Crippen molar-refractivity contribution in [1.29, 1.82) is 0 Å². The number of aryl methyl sites for hydroxylation is 12. The fraction of sp³-hybridized carbons (Fsp3) is 0.462. The van der Waals surface area contributed by atoms with Gasteiger partial charge in [0.15, 0.2) is 0 Å². The molecule has 0 aliphatic rings. The molecule has 0 unspecified atom stereocenters. The van der Waals surface area contributed by atoms with Gasteiger partial charge >= 0.3 is 51.2 Å². The predicted octanol–water partition coefficient (Wildman–Crippen LogP) is -10.5. The van der Waals surface area contributed by atoms with Crippen molar-refractivity contribution < 1.29 is 109 Å². The topological polar surface area (TPSA) is 569 Å². The molecule has 6 rings (SSSR count). The van der Waals surface area contributed by atoms with Gasteiger partial charge in [0.1, 0.15) is 69.9 Å². The number of nitrogens with zero attached hydrogens (tertiary/aromatic N) is 20. The normalized spacial score (nSPS) is 9.01. The van der Waals surface area contributed by atoms with E-state index >= 15 is 0 Å². The SMILES string of the molecule is Cc1nnc(C)n1N.Cc1nnc(C)n1N.Cc1nnc(C)n1N.Cc1nnc(C)n1N.Cc1nnc(C)n1N.Cc1nnc(C)n1N.[Cu+2].[Cu+].[Cu+].[N-]=C=S.[N-]=C=S.[O-][Cl+3]([O-])([O-])[O-].[O-][Cl+3]([O-])([O-])[O-]. The van der Waals surface area contributed by atoms with E-state index in [1.165, 1.54) is 38.4 Å². The molecule has 0 spiro atoms. The number of hydrogen-bond acceptors (Lipinski definition) is 28. The Morgan fingerprint density at radius 1 is 0.328 bits per heavy atom. The minimum atomic E-state index is -4.94. The third-order valence-electron chi connectivity index (χ3n) is 6.22. The molecule has 0 aliphatic carbocycles. The van der Waals surface area contributed by atoms with Gasteiger partial charge in [-0.3, -0.25) is 0 Å². The molecule has 0 aromatic carbocycles. The van der Waals surface area contributed by atoms with Crippen molar-refractivity contribution in [1.82, 2.24) is 89.2 Å². The van der Waals surface area contributed by atoms with Crippen LogP contribution >= 0.6 is 24.4 Å². The van der Waals surface area contributed by atoms with Crippen LogP contribution in [-0.4, -0.2) is 99.6 Å². The number of halogens is 2. The van der Waals surface area contributed by atoms with Crippen LogP contribution in [0, 0.1) is 104 Å². The standard InChI is InChI=1S/6C4H8N4.2CNS.2ClHO4.3Cu/c6*1-3-6-7-4(2)8(3)5;2*2-1-3;2*2-1(3,4)5;;;/h6*5H2,1-2H3;;;2*(H,2,3,4,5);;;/q;;;;;;2*-1;;;2*+1;+2/p-2. The van der Waals surface area contributed by atoms with Gasteiger partial charge in [-0.1, -0.05) is 24.4 Å². The molecule has 0 saturated heterocycles. The van der Waals surface area contributed by atoms with Crippen molar-refractivity contribution in [2.75, 3.05) is 35.1 Å². The van der Waals surface area contributed by atoms with Gasteiger partial charge in [0.05, 0.1) is 0 Å². The summed E-state index contributed by atoms with van der Waals surface area (Å²) in [5.41, 5.74) is 0. The van der Waals surface area contributed by atoms with Crippen LogP contribution in [-0.2, 0) is 51.2 Å². The minimum absolute atomic E-state index is 0. The Bertz CT molecular complexity index is 1790. The van der Waals surface area contributed by atoms with E-state index in [2.05, 4.69) is 85.6 Å². The van der Waals surface area contributed by atoms with Gasteiger partial charge in [-0.25, -0.2) is 65.3 Å². The van der Waals surface area contributed by atoms with Gasteiger partial charge in [-0.15, -0.1) is 81.7 Å². The number of thiocarbonyl (C=S) groups is 2. The minimum Gasteiger partial charge on any atom is -0.753 e. The van der Waals surface area contributed by atoms with Crippen molar-refractivity contribution in [3.8, 4) is 0 Å². The van der Waals surface area contributed by atoms with Crippen LogP contribution in [0.5, 0.6) is 0 Å². The summed E-state index contributed by atoms with van der Waals surface area (Å²) in [4.78, 5) is 0. The van der Waals surface area contributed by atoms with E-state index in [1.54, 1.807) is 83.1 Å². The first kappa shape index (κ1) is 76.3. The second kappa shape index (κ2) is 39.1. The summed E-state index contributed by atoms with van der Waals surface area (Å²) >= 11 is 7.40. The maximum atomic E-state index is 8.49. The van der Waals surface area contributed by atoms with Gasteiger partial charge < -0.3 is 45.9 Å². The zero-order chi connectivity index (χ0) is 51.3. The molecule has 41 heteroatoms. The molecule has 0 aliphatic heterocycles. The average molecular weight is 1180 g/mol. The summed E-state index contributed by atoms with van der Waals surface area (Å²) in [5, 5.41) is 61.4. The van der Waals surface area contributed by atoms with E-state index < -0.39 is 20.5 Å². The Balaban J connectivity index is -0.000000121.